The van der Waals surface area contributed by atoms with Gasteiger partial charge >= 0.3 is 0 Å². The van der Waals surface area contributed by atoms with Crippen LogP contribution in [0.15, 0.2) is 29.3 Å². The minimum Gasteiger partial charge on any atom is -0.493 e. The number of rotatable bonds is 10. The smallest absolute Gasteiger partial charge is 0.191 e. The van der Waals surface area contributed by atoms with Crippen LogP contribution in [0.3, 0.4) is 0 Å². The molecule has 0 saturated heterocycles. The number of para-hydroxylation sites is 1. The summed E-state index contributed by atoms with van der Waals surface area (Å²) in [6.07, 6.45) is 5.74. The molecule has 6 nitrogen and oxygen atoms in total. The van der Waals surface area contributed by atoms with Crippen LogP contribution in [0.25, 0.3) is 0 Å². The lowest BCUT2D eigenvalue weighted by Crippen LogP contribution is -2.41. The van der Waals surface area contributed by atoms with Crippen molar-refractivity contribution >= 4 is 15.8 Å². The minimum absolute atomic E-state index is 0.130. The summed E-state index contributed by atoms with van der Waals surface area (Å²) in [4.78, 5) is 4.68. The predicted molar refractivity (Wildman–Crippen MR) is 109 cm³/mol. The molecule has 7 heteroatoms. The SMILES string of the molecule is CCNC(=NCc1ccccc1OCC1CC1)NCC1(CS(C)(=O)=O)CC1. The lowest BCUT2D eigenvalue weighted by atomic mass is 10.1. The van der Waals surface area contributed by atoms with Gasteiger partial charge in [-0.25, -0.2) is 13.4 Å². The summed E-state index contributed by atoms with van der Waals surface area (Å²) in [5, 5.41) is 6.57. The molecule has 27 heavy (non-hydrogen) atoms. The molecule has 0 aliphatic heterocycles. The molecular formula is C20H31N3O3S. The quantitative estimate of drug-likeness (QED) is 0.471. The molecule has 0 spiro atoms. The van der Waals surface area contributed by atoms with Crippen molar-refractivity contribution in [2.75, 3.05) is 31.7 Å². The van der Waals surface area contributed by atoms with E-state index in [9.17, 15) is 8.42 Å². The van der Waals surface area contributed by atoms with Gasteiger partial charge in [0.15, 0.2) is 5.96 Å². The Hall–Kier alpha value is -1.76. The summed E-state index contributed by atoms with van der Waals surface area (Å²) in [5.41, 5.74) is 0.933. The van der Waals surface area contributed by atoms with Crippen molar-refractivity contribution in [2.45, 2.75) is 39.2 Å². The number of hydrogen-bond donors (Lipinski definition) is 2. The number of nitrogens with zero attached hydrogens (tertiary/aromatic N) is 1. The maximum Gasteiger partial charge on any atom is 0.191 e. The third-order valence-electron chi connectivity index (χ3n) is 5.05. The van der Waals surface area contributed by atoms with Gasteiger partial charge in [-0.05, 0) is 44.6 Å². The van der Waals surface area contributed by atoms with Gasteiger partial charge in [0.25, 0.3) is 0 Å². The Bertz CT molecular complexity index is 768. The molecule has 0 atom stereocenters. The number of benzene rings is 1. The van der Waals surface area contributed by atoms with Gasteiger partial charge in [-0.1, -0.05) is 18.2 Å². The summed E-state index contributed by atoms with van der Waals surface area (Å²) >= 11 is 0. The average Bonchev–Trinajstić information content (AvgIpc) is 3.52. The van der Waals surface area contributed by atoms with Crippen LogP contribution >= 0.6 is 0 Å². The monoisotopic (exact) mass is 393 g/mol. The van der Waals surface area contributed by atoms with Gasteiger partial charge in [0.05, 0.1) is 18.9 Å². The van der Waals surface area contributed by atoms with Crippen LogP contribution in [0.4, 0.5) is 0 Å². The van der Waals surface area contributed by atoms with E-state index < -0.39 is 9.84 Å². The predicted octanol–water partition coefficient (Wildman–Crippen LogP) is 2.36. The highest BCUT2D eigenvalue weighted by molar-refractivity contribution is 7.90. The molecule has 0 amide bonds. The molecule has 2 fully saturated rings. The van der Waals surface area contributed by atoms with Crippen molar-refractivity contribution in [3.8, 4) is 5.75 Å². The van der Waals surface area contributed by atoms with Gasteiger partial charge in [0.1, 0.15) is 15.6 Å². The van der Waals surface area contributed by atoms with E-state index in [1.165, 1.54) is 19.1 Å². The van der Waals surface area contributed by atoms with Gasteiger partial charge < -0.3 is 15.4 Å². The van der Waals surface area contributed by atoms with Crippen LogP contribution in [-0.4, -0.2) is 46.1 Å². The molecule has 2 saturated carbocycles. The van der Waals surface area contributed by atoms with E-state index in [2.05, 4.69) is 15.6 Å². The molecular weight excluding hydrogens is 362 g/mol. The van der Waals surface area contributed by atoms with E-state index in [1.807, 2.05) is 31.2 Å². The molecule has 0 aromatic heterocycles. The summed E-state index contributed by atoms with van der Waals surface area (Å²) < 4.78 is 29.2. The van der Waals surface area contributed by atoms with Gasteiger partial charge in [0, 0.05) is 30.3 Å². The second-order valence-corrected chi connectivity index (χ2v) is 10.1. The molecule has 0 bridgehead atoms. The van der Waals surface area contributed by atoms with Crippen molar-refractivity contribution in [1.82, 2.24) is 10.6 Å². The topological polar surface area (TPSA) is 79.8 Å². The second-order valence-electron chi connectivity index (χ2n) is 7.98. The van der Waals surface area contributed by atoms with E-state index >= 15 is 0 Å². The zero-order valence-corrected chi connectivity index (χ0v) is 17.1. The first kappa shape index (κ1) is 20.0. The highest BCUT2D eigenvalue weighted by Gasteiger charge is 2.45. The van der Waals surface area contributed by atoms with Gasteiger partial charge in [-0.15, -0.1) is 0 Å². The van der Waals surface area contributed by atoms with E-state index in [0.717, 1.165) is 37.3 Å². The fourth-order valence-electron chi connectivity index (χ4n) is 3.15. The van der Waals surface area contributed by atoms with E-state index in [1.54, 1.807) is 0 Å². The van der Waals surface area contributed by atoms with Crippen molar-refractivity contribution in [2.24, 2.45) is 16.3 Å². The summed E-state index contributed by atoms with van der Waals surface area (Å²) in [6, 6.07) is 8.03. The lowest BCUT2D eigenvalue weighted by Gasteiger charge is -2.18. The fourth-order valence-corrected chi connectivity index (χ4v) is 4.65. The summed E-state index contributed by atoms with van der Waals surface area (Å²) in [5.74, 6) is 2.57. The summed E-state index contributed by atoms with van der Waals surface area (Å²) in [6.45, 7) is 4.71. The number of guanidine groups is 1. The highest BCUT2D eigenvalue weighted by Crippen LogP contribution is 2.46. The Morgan fingerprint density at radius 3 is 2.63 bits per heavy atom. The largest absolute Gasteiger partial charge is 0.493 e. The maximum atomic E-state index is 11.6. The molecule has 0 heterocycles. The zero-order chi connectivity index (χ0) is 19.3. The number of ether oxygens (including phenoxy) is 1. The third kappa shape index (κ3) is 6.72. The molecule has 2 aliphatic carbocycles. The molecule has 2 aliphatic rings. The Kier molecular flexibility index (Phi) is 6.29. The molecule has 0 unspecified atom stereocenters. The Labute approximate surface area is 162 Å². The first-order valence-electron chi connectivity index (χ1n) is 9.80. The number of hydrogen-bond acceptors (Lipinski definition) is 4. The van der Waals surface area contributed by atoms with Crippen molar-refractivity contribution in [3.63, 3.8) is 0 Å². The van der Waals surface area contributed by atoms with Crippen LogP contribution < -0.4 is 15.4 Å². The number of sulfone groups is 1. The fraction of sp³-hybridized carbons (Fsp3) is 0.650. The standard InChI is InChI=1S/C20H31N3O3S/c1-3-21-19(23-14-20(10-11-20)15-27(2,24)25)22-12-17-6-4-5-7-18(17)26-13-16-8-9-16/h4-7,16H,3,8-15H2,1-2H3,(H2,21,22,23). The number of aliphatic imine (C=N–C) groups is 1. The van der Waals surface area contributed by atoms with E-state index in [4.69, 9.17) is 4.74 Å². The Balaban J connectivity index is 1.59. The normalized spacial score (nSPS) is 18.8. The first-order chi connectivity index (χ1) is 12.9. The number of nitrogens with one attached hydrogen (secondary N) is 2. The Morgan fingerprint density at radius 2 is 2.00 bits per heavy atom. The third-order valence-corrected chi connectivity index (χ3v) is 6.19. The maximum absolute atomic E-state index is 11.6. The molecule has 2 N–H and O–H groups in total. The molecule has 0 radical (unpaired) electrons. The average molecular weight is 394 g/mol. The zero-order valence-electron chi connectivity index (χ0n) is 16.3. The van der Waals surface area contributed by atoms with Crippen molar-refractivity contribution < 1.29 is 13.2 Å². The lowest BCUT2D eigenvalue weighted by molar-refractivity contribution is 0.297. The molecule has 1 aromatic rings. The van der Waals surface area contributed by atoms with Crippen LogP contribution in [0, 0.1) is 11.3 Å². The molecule has 150 valence electrons. The molecule has 3 rings (SSSR count). The van der Waals surface area contributed by atoms with Crippen molar-refractivity contribution in [3.05, 3.63) is 29.8 Å². The van der Waals surface area contributed by atoms with Gasteiger partial charge in [-0.3, -0.25) is 0 Å². The van der Waals surface area contributed by atoms with Crippen LogP contribution in [-0.2, 0) is 16.4 Å². The second kappa shape index (κ2) is 8.50. The van der Waals surface area contributed by atoms with Crippen LogP contribution in [0.5, 0.6) is 5.75 Å². The van der Waals surface area contributed by atoms with E-state index in [-0.39, 0.29) is 11.2 Å². The van der Waals surface area contributed by atoms with Gasteiger partial charge in [-0.2, -0.15) is 0 Å². The van der Waals surface area contributed by atoms with Crippen LogP contribution in [0.2, 0.25) is 0 Å². The highest BCUT2D eigenvalue weighted by atomic mass is 32.2. The van der Waals surface area contributed by atoms with Crippen molar-refractivity contribution in [1.29, 1.82) is 0 Å². The summed E-state index contributed by atoms with van der Waals surface area (Å²) in [7, 11) is -2.97. The van der Waals surface area contributed by atoms with Crippen LogP contribution in [0.1, 0.15) is 38.2 Å². The molecule has 1 aromatic carbocycles. The Morgan fingerprint density at radius 1 is 1.26 bits per heavy atom. The van der Waals surface area contributed by atoms with Gasteiger partial charge in [0.2, 0.25) is 0 Å². The van der Waals surface area contributed by atoms with E-state index in [0.29, 0.717) is 25.0 Å². The minimum atomic E-state index is -2.97. The first-order valence-corrected chi connectivity index (χ1v) is 11.9.